The maximum Gasteiger partial charge on any atom is 0.122 e. The van der Waals surface area contributed by atoms with Crippen LogP contribution in [0.15, 0.2) is 18.2 Å². The number of phenols is 1. The van der Waals surface area contributed by atoms with Crippen molar-refractivity contribution >= 4 is 0 Å². The van der Waals surface area contributed by atoms with Crippen molar-refractivity contribution in [3.63, 3.8) is 0 Å². The van der Waals surface area contributed by atoms with Gasteiger partial charge in [-0.05, 0) is 29.9 Å². The zero-order valence-electron chi connectivity index (χ0n) is 9.38. The first kappa shape index (κ1) is 11.1. The van der Waals surface area contributed by atoms with E-state index in [-0.39, 0.29) is 0 Å². The van der Waals surface area contributed by atoms with E-state index in [9.17, 15) is 5.11 Å². The third kappa shape index (κ3) is 2.28. The van der Waals surface area contributed by atoms with Crippen LogP contribution in [0, 0.1) is 0 Å². The van der Waals surface area contributed by atoms with Crippen molar-refractivity contribution in [2.24, 2.45) is 0 Å². The SMILES string of the molecule is CCCc1cccc(C(C)CC)c1O. The topological polar surface area (TPSA) is 20.2 Å². The van der Waals surface area contributed by atoms with Crippen molar-refractivity contribution in [2.45, 2.75) is 46.0 Å². The molecule has 78 valence electrons. The number of hydrogen-bond acceptors (Lipinski definition) is 1. The minimum atomic E-state index is 0.451. The van der Waals surface area contributed by atoms with Crippen LogP contribution in [0.2, 0.25) is 0 Å². The Kier molecular flexibility index (Phi) is 3.99. The van der Waals surface area contributed by atoms with Gasteiger partial charge in [0.05, 0.1) is 0 Å². The predicted molar refractivity (Wildman–Crippen MR) is 60.8 cm³/mol. The zero-order valence-corrected chi connectivity index (χ0v) is 9.38. The standard InChI is InChI=1S/C13H20O/c1-4-7-11-8-6-9-12(13(11)14)10(3)5-2/h6,8-10,14H,4-5,7H2,1-3H3. The van der Waals surface area contributed by atoms with E-state index >= 15 is 0 Å². The van der Waals surface area contributed by atoms with Crippen molar-refractivity contribution in [1.29, 1.82) is 0 Å². The zero-order chi connectivity index (χ0) is 10.6. The number of benzene rings is 1. The van der Waals surface area contributed by atoms with Crippen LogP contribution in [0.5, 0.6) is 5.75 Å². The van der Waals surface area contributed by atoms with Gasteiger partial charge in [0.1, 0.15) is 5.75 Å². The highest BCUT2D eigenvalue weighted by atomic mass is 16.3. The highest BCUT2D eigenvalue weighted by molar-refractivity contribution is 5.42. The highest BCUT2D eigenvalue weighted by Gasteiger charge is 2.10. The summed E-state index contributed by atoms with van der Waals surface area (Å²) in [6, 6.07) is 6.10. The summed E-state index contributed by atoms with van der Waals surface area (Å²) in [5.74, 6) is 0.968. The molecule has 14 heavy (non-hydrogen) atoms. The van der Waals surface area contributed by atoms with E-state index in [1.54, 1.807) is 0 Å². The lowest BCUT2D eigenvalue weighted by atomic mass is 9.94. The van der Waals surface area contributed by atoms with Crippen LogP contribution in [0.3, 0.4) is 0 Å². The average Bonchev–Trinajstić information content (AvgIpc) is 2.20. The summed E-state index contributed by atoms with van der Waals surface area (Å²) in [5, 5.41) is 10.0. The minimum Gasteiger partial charge on any atom is -0.507 e. The average molecular weight is 192 g/mol. The van der Waals surface area contributed by atoms with E-state index in [0.29, 0.717) is 11.7 Å². The molecule has 1 N–H and O–H groups in total. The Morgan fingerprint density at radius 1 is 1.29 bits per heavy atom. The van der Waals surface area contributed by atoms with Crippen molar-refractivity contribution in [1.82, 2.24) is 0 Å². The van der Waals surface area contributed by atoms with Crippen LogP contribution in [0.4, 0.5) is 0 Å². The summed E-state index contributed by atoms with van der Waals surface area (Å²) in [6.07, 6.45) is 3.12. The minimum absolute atomic E-state index is 0.451. The van der Waals surface area contributed by atoms with Crippen LogP contribution in [-0.2, 0) is 6.42 Å². The Labute approximate surface area is 86.8 Å². The van der Waals surface area contributed by atoms with Crippen molar-refractivity contribution < 1.29 is 5.11 Å². The lowest BCUT2D eigenvalue weighted by molar-refractivity contribution is 0.454. The molecule has 0 spiro atoms. The van der Waals surface area contributed by atoms with Crippen LogP contribution in [0.1, 0.15) is 50.7 Å². The lowest BCUT2D eigenvalue weighted by Crippen LogP contribution is -1.95. The smallest absolute Gasteiger partial charge is 0.122 e. The monoisotopic (exact) mass is 192 g/mol. The molecule has 0 aromatic heterocycles. The number of phenolic OH excluding ortho intramolecular Hbond substituents is 1. The summed E-state index contributed by atoms with van der Waals surface area (Å²) >= 11 is 0. The molecule has 0 aliphatic rings. The summed E-state index contributed by atoms with van der Waals surface area (Å²) in [6.45, 7) is 6.44. The fourth-order valence-electron chi connectivity index (χ4n) is 1.70. The maximum absolute atomic E-state index is 10.0. The fraction of sp³-hybridized carbons (Fsp3) is 0.538. The molecule has 0 saturated carbocycles. The fourth-order valence-corrected chi connectivity index (χ4v) is 1.70. The molecule has 1 nitrogen and oxygen atoms in total. The van der Waals surface area contributed by atoms with Gasteiger partial charge in [0.15, 0.2) is 0 Å². The van der Waals surface area contributed by atoms with E-state index < -0.39 is 0 Å². The Bertz CT molecular complexity index is 291. The van der Waals surface area contributed by atoms with Gasteiger partial charge in [-0.2, -0.15) is 0 Å². The Morgan fingerprint density at radius 3 is 2.57 bits per heavy atom. The normalized spacial score (nSPS) is 12.8. The molecule has 1 aromatic rings. The number of para-hydroxylation sites is 1. The first-order valence-corrected chi connectivity index (χ1v) is 5.51. The van der Waals surface area contributed by atoms with E-state index in [4.69, 9.17) is 0 Å². The molecule has 0 amide bonds. The Balaban J connectivity index is 3.00. The first-order chi connectivity index (χ1) is 6.70. The molecule has 1 unspecified atom stereocenters. The third-order valence-electron chi connectivity index (χ3n) is 2.81. The molecule has 0 saturated heterocycles. The van der Waals surface area contributed by atoms with E-state index in [1.165, 1.54) is 0 Å². The van der Waals surface area contributed by atoms with Gasteiger partial charge < -0.3 is 5.11 Å². The summed E-state index contributed by atoms with van der Waals surface area (Å²) in [7, 11) is 0. The molecule has 1 rings (SSSR count). The van der Waals surface area contributed by atoms with E-state index in [0.717, 1.165) is 30.4 Å². The van der Waals surface area contributed by atoms with Crippen LogP contribution < -0.4 is 0 Å². The number of rotatable bonds is 4. The second-order valence-electron chi connectivity index (χ2n) is 3.91. The predicted octanol–water partition coefficient (Wildman–Crippen LogP) is 3.86. The summed E-state index contributed by atoms with van der Waals surface area (Å²) in [4.78, 5) is 0. The second kappa shape index (κ2) is 5.04. The largest absolute Gasteiger partial charge is 0.507 e. The molecule has 0 bridgehead atoms. The molecule has 1 aromatic carbocycles. The lowest BCUT2D eigenvalue weighted by Gasteiger charge is -2.13. The van der Waals surface area contributed by atoms with Crippen molar-refractivity contribution in [3.05, 3.63) is 29.3 Å². The maximum atomic E-state index is 10.0. The third-order valence-corrected chi connectivity index (χ3v) is 2.81. The Morgan fingerprint density at radius 2 is 2.00 bits per heavy atom. The quantitative estimate of drug-likeness (QED) is 0.768. The highest BCUT2D eigenvalue weighted by Crippen LogP contribution is 2.31. The van der Waals surface area contributed by atoms with Gasteiger partial charge in [-0.3, -0.25) is 0 Å². The molecular formula is C13H20O. The molecule has 0 heterocycles. The molecule has 0 aliphatic carbocycles. The molecule has 0 radical (unpaired) electrons. The van der Waals surface area contributed by atoms with Crippen molar-refractivity contribution in [3.8, 4) is 5.75 Å². The van der Waals surface area contributed by atoms with Gasteiger partial charge in [0.2, 0.25) is 0 Å². The number of hydrogen-bond donors (Lipinski definition) is 1. The summed E-state index contributed by atoms with van der Waals surface area (Å²) < 4.78 is 0. The van der Waals surface area contributed by atoms with Gasteiger partial charge >= 0.3 is 0 Å². The van der Waals surface area contributed by atoms with Gasteiger partial charge in [0, 0.05) is 0 Å². The summed E-state index contributed by atoms with van der Waals surface area (Å²) in [5.41, 5.74) is 2.18. The molecule has 1 heteroatoms. The van der Waals surface area contributed by atoms with Gasteiger partial charge in [0.25, 0.3) is 0 Å². The van der Waals surface area contributed by atoms with Gasteiger partial charge in [-0.1, -0.05) is 45.4 Å². The van der Waals surface area contributed by atoms with Crippen LogP contribution >= 0.6 is 0 Å². The van der Waals surface area contributed by atoms with Crippen LogP contribution in [0.25, 0.3) is 0 Å². The molecule has 1 atom stereocenters. The van der Waals surface area contributed by atoms with Crippen LogP contribution in [-0.4, -0.2) is 5.11 Å². The first-order valence-electron chi connectivity index (χ1n) is 5.51. The van der Waals surface area contributed by atoms with E-state index in [2.05, 4.69) is 20.8 Å². The molecule has 0 fully saturated rings. The molecular weight excluding hydrogens is 172 g/mol. The van der Waals surface area contributed by atoms with Gasteiger partial charge in [-0.25, -0.2) is 0 Å². The number of aromatic hydroxyl groups is 1. The van der Waals surface area contributed by atoms with Gasteiger partial charge in [-0.15, -0.1) is 0 Å². The van der Waals surface area contributed by atoms with E-state index in [1.807, 2.05) is 18.2 Å². The Hall–Kier alpha value is -0.980. The second-order valence-corrected chi connectivity index (χ2v) is 3.91. The molecule has 0 aliphatic heterocycles. The van der Waals surface area contributed by atoms with Crippen molar-refractivity contribution in [2.75, 3.05) is 0 Å². The number of aryl methyl sites for hydroxylation is 1.